The molecule has 8 heteroatoms. The second kappa shape index (κ2) is 11.0. The van der Waals surface area contributed by atoms with Gasteiger partial charge in [0.1, 0.15) is 5.56 Å². The quantitative estimate of drug-likeness (QED) is 0.492. The van der Waals surface area contributed by atoms with E-state index in [1.54, 1.807) is 30.8 Å². The van der Waals surface area contributed by atoms with Gasteiger partial charge in [0.15, 0.2) is 0 Å². The van der Waals surface area contributed by atoms with E-state index in [9.17, 15) is 18.0 Å². The van der Waals surface area contributed by atoms with Crippen LogP contribution >= 0.6 is 0 Å². The molecule has 0 unspecified atom stereocenters. The molecule has 1 heterocycles. The van der Waals surface area contributed by atoms with Crippen LogP contribution in [0.25, 0.3) is 10.9 Å². The number of hydrogen-bond donors (Lipinski definition) is 1. The van der Waals surface area contributed by atoms with Crippen LogP contribution in [0.1, 0.15) is 61.4 Å². The van der Waals surface area contributed by atoms with Gasteiger partial charge in [0.25, 0.3) is 5.91 Å². The Morgan fingerprint density at radius 3 is 2.50 bits per heavy atom. The van der Waals surface area contributed by atoms with Crippen molar-refractivity contribution in [2.24, 2.45) is 7.05 Å². The average molecular weight is 510 g/mol. The lowest BCUT2D eigenvalue weighted by molar-refractivity contribution is 0.0937. The Bertz CT molecular complexity index is 1390. The zero-order valence-electron chi connectivity index (χ0n) is 21.2. The van der Waals surface area contributed by atoms with E-state index in [-0.39, 0.29) is 27.9 Å². The molecule has 1 saturated carbocycles. The highest BCUT2D eigenvalue weighted by atomic mass is 32.2. The van der Waals surface area contributed by atoms with E-state index in [2.05, 4.69) is 5.32 Å². The summed E-state index contributed by atoms with van der Waals surface area (Å²) in [4.78, 5) is 26.5. The number of aryl methyl sites for hydroxylation is 2. The smallest absolute Gasteiger partial charge is 0.256 e. The number of aromatic nitrogens is 1. The van der Waals surface area contributed by atoms with E-state index < -0.39 is 21.4 Å². The van der Waals surface area contributed by atoms with Gasteiger partial charge in [0.2, 0.25) is 15.5 Å². The van der Waals surface area contributed by atoms with Crippen LogP contribution in [0.3, 0.4) is 0 Å². The van der Waals surface area contributed by atoms with Gasteiger partial charge in [-0.25, -0.2) is 8.42 Å². The molecule has 2 aromatic carbocycles. The van der Waals surface area contributed by atoms with E-state index in [0.29, 0.717) is 5.52 Å². The van der Waals surface area contributed by atoms with Crippen LogP contribution < -0.4 is 10.7 Å². The maximum Gasteiger partial charge on any atom is 0.256 e. The van der Waals surface area contributed by atoms with Crippen molar-refractivity contribution in [2.45, 2.75) is 68.8 Å². The third-order valence-electron chi connectivity index (χ3n) is 7.26. The number of benzene rings is 2. The Labute approximate surface area is 213 Å². The van der Waals surface area contributed by atoms with Crippen molar-refractivity contribution < 1.29 is 13.2 Å². The maximum absolute atomic E-state index is 13.4. The minimum absolute atomic E-state index is 0.00624. The molecule has 192 valence electrons. The third-order valence-corrected chi connectivity index (χ3v) is 9.16. The van der Waals surface area contributed by atoms with Crippen molar-refractivity contribution in [1.29, 1.82) is 0 Å². The van der Waals surface area contributed by atoms with E-state index in [1.807, 2.05) is 37.3 Å². The third kappa shape index (κ3) is 5.55. The molecule has 3 aromatic rings. The fourth-order valence-corrected chi connectivity index (χ4v) is 6.45. The molecule has 1 aliphatic rings. The number of pyridine rings is 1. The van der Waals surface area contributed by atoms with Gasteiger partial charge < -0.3 is 9.88 Å². The van der Waals surface area contributed by atoms with Crippen molar-refractivity contribution in [3.05, 3.63) is 76.1 Å². The van der Waals surface area contributed by atoms with Crippen LogP contribution in [0.4, 0.5) is 0 Å². The van der Waals surface area contributed by atoms with Crippen LogP contribution in [0.15, 0.2) is 64.4 Å². The summed E-state index contributed by atoms with van der Waals surface area (Å²) in [7, 11) is -0.392. The highest BCUT2D eigenvalue weighted by Crippen LogP contribution is 2.27. The van der Waals surface area contributed by atoms with Gasteiger partial charge in [-0.05, 0) is 56.4 Å². The normalized spacial score (nSPS) is 15.8. The molecule has 1 aliphatic carbocycles. The van der Waals surface area contributed by atoms with E-state index in [4.69, 9.17) is 0 Å². The molecule has 1 N–H and O–H groups in total. The molecule has 1 aromatic heterocycles. The highest BCUT2D eigenvalue weighted by Gasteiger charge is 2.29. The van der Waals surface area contributed by atoms with Gasteiger partial charge in [-0.1, -0.05) is 49.6 Å². The summed E-state index contributed by atoms with van der Waals surface area (Å²) in [5, 5.41) is 3.15. The topological polar surface area (TPSA) is 88.5 Å². The van der Waals surface area contributed by atoms with Crippen LogP contribution in [0, 0.1) is 0 Å². The summed E-state index contributed by atoms with van der Waals surface area (Å²) >= 11 is 0. The first-order chi connectivity index (χ1) is 17.2. The van der Waals surface area contributed by atoms with Gasteiger partial charge in [0, 0.05) is 37.8 Å². The SMILES string of the molecule is C[C@@H](CCc1ccccc1)NC(=O)c1cn(C)c2ccc(S(=O)(=O)N(C)C3CCCCC3)cc2c1=O. The van der Waals surface area contributed by atoms with Gasteiger partial charge in [-0.15, -0.1) is 0 Å². The van der Waals surface area contributed by atoms with E-state index in [1.165, 1.54) is 22.1 Å². The highest BCUT2D eigenvalue weighted by molar-refractivity contribution is 7.89. The second-order valence-electron chi connectivity index (χ2n) is 9.87. The zero-order valence-corrected chi connectivity index (χ0v) is 22.1. The predicted octanol–water partition coefficient (Wildman–Crippen LogP) is 4.24. The monoisotopic (exact) mass is 509 g/mol. The Kier molecular flexibility index (Phi) is 7.95. The van der Waals surface area contributed by atoms with E-state index >= 15 is 0 Å². The molecule has 0 bridgehead atoms. The molecule has 0 aliphatic heterocycles. The molecule has 4 rings (SSSR count). The van der Waals surface area contributed by atoms with Gasteiger partial charge in [0.05, 0.1) is 10.4 Å². The molecule has 36 heavy (non-hydrogen) atoms. The predicted molar refractivity (Wildman–Crippen MR) is 143 cm³/mol. The van der Waals surface area contributed by atoms with Crippen molar-refractivity contribution in [2.75, 3.05) is 7.05 Å². The van der Waals surface area contributed by atoms with Crippen LogP contribution in [-0.2, 0) is 23.5 Å². The standard InChI is InChI=1S/C28H35N3O4S/c1-20(14-15-21-10-6-4-7-11-21)29-28(33)25-19-30(2)26-17-16-23(18-24(26)27(25)32)36(34,35)31(3)22-12-8-5-9-13-22/h4,6-7,10-11,16-20,22H,5,8-9,12-15H2,1-3H3,(H,29,33)/t20-/m0/s1. The summed E-state index contributed by atoms with van der Waals surface area (Å²) in [5.41, 5.74) is 1.31. The Hall–Kier alpha value is -2.97. The minimum Gasteiger partial charge on any atom is -0.350 e. The van der Waals surface area contributed by atoms with Crippen molar-refractivity contribution in [3.63, 3.8) is 0 Å². The minimum atomic E-state index is -3.76. The van der Waals surface area contributed by atoms with Crippen molar-refractivity contribution in [1.82, 2.24) is 14.2 Å². The lowest BCUT2D eigenvalue weighted by Crippen LogP contribution is -2.38. The van der Waals surface area contributed by atoms with Crippen LogP contribution in [0.5, 0.6) is 0 Å². The summed E-state index contributed by atoms with van der Waals surface area (Å²) in [5.74, 6) is -0.453. The molecule has 1 amide bonds. The first-order valence-corrected chi connectivity index (χ1v) is 14.1. The lowest BCUT2D eigenvalue weighted by atomic mass is 9.96. The first kappa shape index (κ1) is 26.1. The fourth-order valence-electron chi connectivity index (χ4n) is 5.00. The molecular weight excluding hydrogens is 474 g/mol. The van der Waals surface area contributed by atoms with Gasteiger partial charge >= 0.3 is 0 Å². The largest absolute Gasteiger partial charge is 0.350 e. The number of nitrogens with zero attached hydrogens (tertiary/aromatic N) is 2. The zero-order chi connectivity index (χ0) is 25.9. The maximum atomic E-state index is 13.4. The summed E-state index contributed by atoms with van der Waals surface area (Å²) in [6, 6.07) is 14.5. The summed E-state index contributed by atoms with van der Waals surface area (Å²) in [6.07, 6.45) is 7.93. The molecule has 7 nitrogen and oxygen atoms in total. The van der Waals surface area contributed by atoms with Gasteiger partial charge in [-0.3, -0.25) is 9.59 Å². The van der Waals surface area contributed by atoms with Crippen molar-refractivity contribution >= 4 is 26.8 Å². The number of carbonyl (C=O) groups excluding carboxylic acids is 1. The van der Waals surface area contributed by atoms with Crippen LogP contribution in [0.2, 0.25) is 0 Å². The number of hydrogen-bond acceptors (Lipinski definition) is 4. The summed E-state index contributed by atoms with van der Waals surface area (Å²) < 4.78 is 29.9. The number of amides is 1. The molecule has 0 saturated heterocycles. The average Bonchev–Trinajstić information content (AvgIpc) is 2.89. The summed E-state index contributed by atoms with van der Waals surface area (Å²) in [6.45, 7) is 1.91. The number of carbonyl (C=O) groups is 1. The number of rotatable bonds is 8. The molecule has 1 atom stereocenters. The van der Waals surface area contributed by atoms with Crippen molar-refractivity contribution in [3.8, 4) is 0 Å². The molecule has 1 fully saturated rings. The van der Waals surface area contributed by atoms with Crippen LogP contribution in [-0.4, -0.2) is 42.3 Å². The number of fused-ring (bicyclic) bond motifs is 1. The Balaban J connectivity index is 1.58. The first-order valence-electron chi connectivity index (χ1n) is 12.6. The Morgan fingerprint density at radius 1 is 1.11 bits per heavy atom. The number of sulfonamides is 1. The molecular formula is C28H35N3O4S. The van der Waals surface area contributed by atoms with Gasteiger partial charge in [-0.2, -0.15) is 4.31 Å². The number of nitrogens with one attached hydrogen (secondary N) is 1. The molecule has 0 radical (unpaired) electrons. The lowest BCUT2D eigenvalue weighted by Gasteiger charge is -2.30. The van der Waals surface area contributed by atoms with E-state index in [0.717, 1.165) is 44.9 Å². The second-order valence-corrected chi connectivity index (χ2v) is 11.9. The molecule has 0 spiro atoms. The Morgan fingerprint density at radius 2 is 1.81 bits per heavy atom. The fraction of sp³-hybridized carbons (Fsp3) is 0.429.